The van der Waals surface area contributed by atoms with Gasteiger partial charge in [0.1, 0.15) is 5.69 Å². The number of alkyl halides is 2. The lowest BCUT2D eigenvalue weighted by Gasteiger charge is -2.18. The third-order valence-electron chi connectivity index (χ3n) is 3.27. The Bertz CT molecular complexity index is 496. The van der Waals surface area contributed by atoms with Crippen LogP contribution in [-0.2, 0) is 12.3 Å². The maximum absolute atomic E-state index is 14.0. The van der Waals surface area contributed by atoms with Crippen LogP contribution < -0.4 is 0 Å². The van der Waals surface area contributed by atoms with Gasteiger partial charge in [0.25, 0.3) is 5.92 Å². The number of aromatic nitrogens is 1. The third kappa shape index (κ3) is 2.09. The standard InChI is InChI=1S/C13H15F2NO2/c1-3-9-11(12(17)18)7(2)6-10(16-9)13(14,15)8-4-5-8/h6,8H,3-5H2,1-2H3,(H,17,18). The fourth-order valence-electron chi connectivity index (χ4n) is 2.11. The van der Waals surface area contributed by atoms with Crippen LogP contribution in [0.5, 0.6) is 0 Å². The highest BCUT2D eigenvalue weighted by atomic mass is 19.3. The van der Waals surface area contributed by atoms with Crippen LogP contribution >= 0.6 is 0 Å². The summed E-state index contributed by atoms with van der Waals surface area (Å²) < 4.78 is 27.9. The molecule has 0 aromatic carbocycles. The molecule has 1 N–H and O–H groups in total. The van der Waals surface area contributed by atoms with E-state index in [0.717, 1.165) is 0 Å². The van der Waals surface area contributed by atoms with Crippen molar-refractivity contribution >= 4 is 5.97 Å². The van der Waals surface area contributed by atoms with Gasteiger partial charge in [-0.25, -0.2) is 4.79 Å². The van der Waals surface area contributed by atoms with E-state index in [-0.39, 0.29) is 17.0 Å². The van der Waals surface area contributed by atoms with E-state index < -0.39 is 17.8 Å². The normalized spacial score (nSPS) is 15.8. The summed E-state index contributed by atoms with van der Waals surface area (Å²) in [5.74, 6) is -4.69. The molecule has 0 atom stereocenters. The van der Waals surface area contributed by atoms with Crippen molar-refractivity contribution in [2.75, 3.05) is 0 Å². The molecule has 1 heterocycles. The largest absolute Gasteiger partial charge is 0.478 e. The molecule has 0 aliphatic heterocycles. The average Bonchev–Trinajstić information content (AvgIpc) is 3.10. The molecule has 1 fully saturated rings. The number of rotatable bonds is 4. The van der Waals surface area contributed by atoms with E-state index in [2.05, 4.69) is 4.98 Å². The topological polar surface area (TPSA) is 50.2 Å². The van der Waals surface area contributed by atoms with Gasteiger partial charge in [0.15, 0.2) is 0 Å². The number of carboxylic acids is 1. The van der Waals surface area contributed by atoms with Gasteiger partial charge in [-0.15, -0.1) is 0 Å². The summed E-state index contributed by atoms with van der Waals surface area (Å²) in [5, 5.41) is 9.07. The lowest BCUT2D eigenvalue weighted by Crippen LogP contribution is -2.21. The van der Waals surface area contributed by atoms with Crippen LogP contribution in [0.25, 0.3) is 0 Å². The lowest BCUT2D eigenvalue weighted by atomic mass is 10.0. The summed E-state index contributed by atoms with van der Waals surface area (Å²) in [7, 11) is 0. The van der Waals surface area contributed by atoms with Crippen molar-refractivity contribution in [1.29, 1.82) is 0 Å². The molecule has 0 spiro atoms. The van der Waals surface area contributed by atoms with Gasteiger partial charge in [-0.3, -0.25) is 4.98 Å². The molecule has 1 aromatic heterocycles. The van der Waals surface area contributed by atoms with Crippen molar-refractivity contribution in [3.05, 3.63) is 28.6 Å². The highest BCUT2D eigenvalue weighted by Gasteiger charge is 2.49. The third-order valence-corrected chi connectivity index (χ3v) is 3.27. The van der Waals surface area contributed by atoms with Crippen LogP contribution in [0.3, 0.4) is 0 Å². The van der Waals surface area contributed by atoms with E-state index in [4.69, 9.17) is 5.11 Å². The molecule has 0 saturated heterocycles. The predicted molar refractivity (Wildman–Crippen MR) is 61.9 cm³/mol. The lowest BCUT2D eigenvalue weighted by molar-refractivity contribution is -0.0331. The molecular weight excluding hydrogens is 240 g/mol. The number of pyridine rings is 1. The summed E-state index contributed by atoms with van der Waals surface area (Å²) in [6.45, 7) is 3.25. The van der Waals surface area contributed by atoms with Crippen LogP contribution in [-0.4, -0.2) is 16.1 Å². The summed E-state index contributed by atoms with van der Waals surface area (Å²) in [5.41, 5.74) is 0.347. The Balaban J connectivity index is 2.52. The maximum Gasteiger partial charge on any atom is 0.337 e. The minimum atomic E-state index is -2.94. The zero-order chi connectivity index (χ0) is 13.5. The van der Waals surface area contributed by atoms with E-state index in [1.165, 1.54) is 13.0 Å². The van der Waals surface area contributed by atoms with Gasteiger partial charge >= 0.3 is 5.97 Å². The summed E-state index contributed by atoms with van der Waals surface area (Å²) in [4.78, 5) is 15.0. The molecule has 0 amide bonds. The molecule has 1 aliphatic carbocycles. The molecule has 1 aliphatic rings. The molecular formula is C13H15F2NO2. The van der Waals surface area contributed by atoms with Crippen LogP contribution in [0, 0.1) is 12.8 Å². The van der Waals surface area contributed by atoms with Gasteiger partial charge in [0, 0.05) is 5.92 Å². The van der Waals surface area contributed by atoms with Gasteiger partial charge in [0.2, 0.25) is 0 Å². The predicted octanol–water partition coefficient (Wildman–Crippen LogP) is 3.15. The molecule has 1 aromatic rings. The van der Waals surface area contributed by atoms with Crippen LogP contribution in [0.4, 0.5) is 8.78 Å². The minimum Gasteiger partial charge on any atom is -0.478 e. The smallest absolute Gasteiger partial charge is 0.337 e. The quantitative estimate of drug-likeness (QED) is 0.899. The summed E-state index contributed by atoms with van der Waals surface area (Å²) in [6, 6.07) is 1.21. The number of carboxylic acid groups (broad SMARTS) is 1. The average molecular weight is 255 g/mol. The van der Waals surface area contributed by atoms with Gasteiger partial charge < -0.3 is 5.11 Å². The van der Waals surface area contributed by atoms with Crippen molar-refractivity contribution in [3.63, 3.8) is 0 Å². The highest BCUT2D eigenvalue weighted by molar-refractivity contribution is 5.90. The first-order valence-electron chi connectivity index (χ1n) is 6.00. The molecule has 5 heteroatoms. The maximum atomic E-state index is 14.0. The van der Waals surface area contributed by atoms with Gasteiger partial charge in [-0.05, 0) is 37.8 Å². The summed E-state index contributed by atoms with van der Waals surface area (Å²) >= 11 is 0. The molecule has 3 nitrogen and oxygen atoms in total. The Labute approximate surface area is 104 Å². The first kappa shape index (κ1) is 12.9. The number of nitrogens with zero attached hydrogens (tertiary/aromatic N) is 1. The fourth-order valence-corrected chi connectivity index (χ4v) is 2.11. The molecule has 0 radical (unpaired) electrons. The number of hydrogen-bond acceptors (Lipinski definition) is 2. The Kier molecular flexibility index (Phi) is 3.09. The molecule has 18 heavy (non-hydrogen) atoms. The SMILES string of the molecule is CCc1nc(C(F)(F)C2CC2)cc(C)c1C(=O)O. The minimum absolute atomic E-state index is 0.0489. The van der Waals surface area contributed by atoms with E-state index in [0.29, 0.717) is 24.8 Å². The van der Waals surface area contributed by atoms with Crippen molar-refractivity contribution in [1.82, 2.24) is 4.98 Å². The number of aryl methyl sites for hydroxylation is 2. The van der Waals surface area contributed by atoms with E-state index >= 15 is 0 Å². The van der Waals surface area contributed by atoms with Crippen LogP contribution in [0.1, 0.15) is 47.1 Å². The zero-order valence-corrected chi connectivity index (χ0v) is 10.3. The van der Waals surface area contributed by atoms with Crippen molar-refractivity contribution in [2.24, 2.45) is 5.92 Å². The monoisotopic (exact) mass is 255 g/mol. The molecule has 0 bridgehead atoms. The van der Waals surface area contributed by atoms with Crippen molar-refractivity contribution in [3.8, 4) is 0 Å². The van der Waals surface area contributed by atoms with Crippen LogP contribution in [0.15, 0.2) is 6.07 Å². The number of carbonyl (C=O) groups is 1. The van der Waals surface area contributed by atoms with Gasteiger partial charge in [0.05, 0.1) is 11.3 Å². The zero-order valence-electron chi connectivity index (χ0n) is 10.3. The van der Waals surface area contributed by atoms with E-state index in [1.54, 1.807) is 6.92 Å². The molecule has 1 saturated carbocycles. The molecule has 98 valence electrons. The number of aromatic carboxylic acids is 1. The summed E-state index contributed by atoms with van der Waals surface area (Å²) in [6.07, 6.45) is 1.35. The second kappa shape index (κ2) is 4.30. The molecule has 0 unspecified atom stereocenters. The molecule has 2 rings (SSSR count). The number of hydrogen-bond donors (Lipinski definition) is 1. The second-order valence-corrected chi connectivity index (χ2v) is 4.70. The Hall–Kier alpha value is -1.52. The van der Waals surface area contributed by atoms with Crippen molar-refractivity contribution < 1.29 is 18.7 Å². The first-order chi connectivity index (χ1) is 8.37. The second-order valence-electron chi connectivity index (χ2n) is 4.70. The fraction of sp³-hybridized carbons (Fsp3) is 0.538. The van der Waals surface area contributed by atoms with E-state index in [9.17, 15) is 13.6 Å². The van der Waals surface area contributed by atoms with Crippen LogP contribution in [0.2, 0.25) is 0 Å². The Morgan fingerprint density at radius 1 is 1.56 bits per heavy atom. The van der Waals surface area contributed by atoms with Gasteiger partial charge in [-0.2, -0.15) is 8.78 Å². The first-order valence-corrected chi connectivity index (χ1v) is 6.00. The van der Waals surface area contributed by atoms with Crippen molar-refractivity contribution in [2.45, 2.75) is 39.0 Å². The number of halogens is 2. The highest BCUT2D eigenvalue weighted by Crippen LogP contribution is 2.49. The Morgan fingerprint density at radius 2 is 2.17 bits per heavy atom. The van der Waals surface area contributed by atoms with Gasteiger partial charge in [-0.1, -0.05) is 6.92 Å². The van der Waals surface area contributed by atoms with E-state index in [1.807, 2.05) is 0 Å². The Morgan fingerprint density at radius 3 is 2.61 bits per heavy atom.